The van der Waals surface area contributed by atoms with Gasteiger partial charge in [0.1, 0.15) is 0 Å². The second kappa shape index (κ2) is 11.8. The smallest absolute Gasteiger partial charge is 0.355 e. The molecule has 1 saturated heterocycles. The molecule has 1 amide bonds. The van der Waals surface area contributed by atoms with E-state index in [1.165, 1.54) is 18.9 Å². The molecule has 1 N–H and O–H groups in total. The van der Waals surface area contributed by atoms with Crippen LogP contribution in [0.25, 0.3) is 10.9 Å². The van der Waals surface area contributed by atoms with Gasteiger partial charge in [0.15, 0.2) is 0 Å². The van der Waals surface area contributed by atoms with Crippen molar-refractivity contribution >= 4 is 28.4 Å². The van der Waals surface area contributed by atoms with Crippen LogP contribution >= 0.6 is 11.6 Å². The van der Waals surface area contributed by atoms with E-state index in [0.29, 0.717) is 18.7 Å². The molecule has 0 spiro atoms. The molecule has 4 aromatic rings. The molecule has 2 heterocycles. The summed E-state index contributed by atoms with van der Waals surface area (Å²) in [5, 5.41) is 3.55. The summed E-state index contributed by atoms with van der Waals surface area (Å²) in [5.74, 6) is -0.778. The highest BCUT2D eigenvalue weighted by molar-refractivity contribution is 6.31. The fourth-order valence-electron chi connectivity index (χ4n) is 5.47. The van der Waals surface area contributed by atoms with Crippen LogP contribution in [0.4, 0.5) is 13.2 Å². The van der Waals surface area contributed by atoms with Crippen molar-refractivity contribution in [1.29, 1.82) is 0 Å². The Morgan fingerprint density at radius 2 is 1.69 bits per heavy atom. The van der Waals surface area contributed by atoms with Gasteiger partial charge in [-0.3, -0.25) is 4.79 Å². The number of hydrogen-bond acceptors (Lipinski definition) is 2. The van der Waals surface area contributed by atoms with Crippen LogP contribution in [0.15, 0.2) is 79.0 Å². The lowest BCUT2D eigenvalue weighted by molar-refractivity contribution is -0.137. The van der Waals surface area contributed by atoms with E-state index in [0.717, 1.165) is 47.7 Å². The zero-order chi connectivity index (χ0) is 27.4. The van der Waals surface area contributed by atoms with Gasteiger partial charge in [-0.15, -0.1) is 0 Å². The third-order valence-corrected chi connectivity index (χ3v) is 7.76. The van der Waals surface area contributed by atoms with E-state index in [2.05, 4.69) is 14.8 Å². The van der Waals surface area contributed by atoms with E-state index in [4.69, 9.17) is 11.6 Å². The first-order valence-corrected chi connectivity index (χ1v) is 13.6. The van der Waals surface area contributed by atoms with Crippen LogP contribution in [-0.4, -0.2) is 41.6 Å². The minimum Gasteiger partial charge on any atom is -0.355 e. The highest BCUT2D eigenvalue weighted by Gasteiger charge is 2.34. The number of carbonyl (C=O) groups is 1. The van der Waals surface area contributed by atoms with Crippen molar-refractivity contribution in [2.24, 2.45) is 0 Å². The summed E-state index contributed by atoms with van der Waals surface area (Å²) in [4.78, 5) is 15.5. The van der Waals surface area contributed by atoms with Crippen molar-refractivity contribution in [3.8, 4) is 0 Å². The fourth-order valence-corrected chi connectivity index (χ4v) is 5.69. The number of hydrogen-bond donors (Lipinski definition) is 1. The van der Waals surface area contributed by atoms with Gasteiger partial charge >= 0.3 is 6.18 Å². The number of halogens is 4. The minimum absolute atomic E-state index is 0.0261. The molecular formula is C31H31ClF3N3O. The summed E-state index contributed by atoms with van der Waals surface area (Å²) in [6, 6.07) is 21.8. The maximum Gasteiger partial charge on any atom is 0.417 e. The first-order chi connectivity index (χ1) is 18.8. The van der Waals surface area contributed by atoms with E-state index < -0.39 is 17.7 Å². The molecule has 1 atom stereocenters. The molecular weight excluding hydrogens is 523 g/mol. The average molecular weight is 554 g/mol. The van der Waals surface area contributed by atoms with Gasteiger partial charge in [-0.1, -0.05) is 66.2 Å². The Labute approximate surface area is 231 Å². The average Bonchev–Trinajstić information content (AvgIpc) is 3.56. The molecule has 3 aromatic carbocycles. The van der Waals surface area contributed by atoms with Crippen molar-refractivity contribution in [1.82, 2.24) is 14.8 Å². The number of carbonyl (C=O) groups excluding carboxylic acids is 1. The van der Waals surface area contributed by atoms with E-state index in [1.54, 1.807) is 6.07 Å². The standard InChI is InChI=1S/C31H31ClF3N3O/c32-28-13-12-23(18-27(28)31(33,34)35)25(19-30(39)36-14-17-37-15-6-7-16-37)26-21-38(20-22-8-2-1-3-9-22)29-11-5-4-10-24(26)29/h1-5,8-13,18,21,25H,6-7,14-17,19-20H2,(H,36,39)/t25-/m0/s1. The number of amides is 1. The van der Waals surface area contributed by atoms with Gasteiger partial charge in [0.25, 0.3) is 0 Å². The van der Waals surface area contributed by atoms with Crippen LogP contribution in [0, 0.1) is 0 Å². The molecule has 0 saturated carbocycles. The summed E-state index contributed by atoms with van der Waals surface area (Å²) in [7, 11) is 0. The van der Waals surface area contributed by atoms with Crippen LogP contribution < -0.4 is 5.32 Å². The van der Waals surface area contributed by atoms with E-state index in [-0.39, 0.29) is 17.4 Å². The van der Waals surface area contributed by atoms with Crippen molar-refractivity contribution < 1.29 is 18.0 Å². The number of nitrogens with one attached hydrogen (secondary N) is 1. The number of nitrogens with zero attached hydrogens (tertiary/aromatic N) is 2. The largest absolute Gasteiger partial charge is 0.417 e. The maximum atomic E-state index is 13.8. The van der Waals surface area contributed by atoms with Gasteiger partial charge < -0.3 is 14.8 Å². The molecule has 4 nitrogen and oxygen atoms in total. The Bertz CT molecular complexity index is 1430. The molecule has 204 valence electrons. The van der Waals surface area contributed by atoms with E-state index in [9.17, 15) is 18.0 Å². The monoisotopic (exact) mass is 553 g/mol. The summed E-state index contributed by atoms with van der Waals surface area (Å²) in [5.41, 5.74) is 2.39. The molecule has 0 aliphatic carbocycles. The normalized spacial score (nSPS) is 15.1. The molecule has 0 bridgehead atoms. The van der Waals surface area contributed by atoms with Crippen molar-refractivity contribution in [3.05, 3.63) is 106 Å². The van der Waals surface area contributed by atoms with Crippen LogP contribution in [-0.2, 0) is 17.5 Å². The quantitative estimate of drug-likeness (QED) is 0.240. The minimum atomic E-state index is -4.60. The van der Waals surface area contributed by atoms with Crippen LogP contribution in [0.1, 0.15) is 47.4 Å². The summed E-state index contributed by atoms with van der Waals surface area (Å²) in [6.45, 7) is 3.95. The number of para-hydroxylation sites is 1. The number of rotatable bonds is 9. The Morgan fingerprint density at radius 1 is 0.974 bits per heavy atom. The lowest BCUT2D eigenvalue weighted by Crippen LogP contribution is -2.34. The second-order valence-corrected chi connectivity index (χ2v) is 10.5. The molecule has 0 unspecified atom stereocenters. The highest BCUT2D eigenvalue weighted by Crippen LogP contribution is 2.40. The Balaban J connectivity index is 1.51. The SMILES string of the molecule is O=C(C[C@@H](c1ccc(Cl)c(C(F)(F)F)c1)c1cn(Cc2ccccc2)c2ccccc12)NCCN1CCCC1. The van der Waals surface area contributed by atoms with Crippen LogP contribution in [0.3, 0.4) is 0 Å². The lowest BCUT2D eigenvalue weighted by atomic mass is 9.87. The number of likely N-dealkylation sites (tertiary alicyclic amines) is 1. The van der Waals surface area contributed by atoms with Crippen molar-refractivity contribution in [2.45, 2.75) is 37.9 Å². The molecule has 1 aliphatic rings. The molecule has 1 fully saturated rings. The van der Waals surface area contributed by atoms with Gasteiger partial charge in [-0.25, -0.2) is 0 Å². The summed E-state index contributed by atoms with van der Waals surface area (Å²) in [6.07, 6.45) is -0.265. The molecule has 1 aromatic heterocycles. The van der Waals surface area contributed by atoms with Crippen molar-refractivity contribution in [2.75, 3.05) is 26.2 Å². The predicted molar refractivity (Wildman–Crippen MR) is 149 cm³/mol. The van der Waals surface area contributed by atoms with E-state index in [1.807, 2.05) is 60.8 Å². The van der Waals surface area contributed by atoms with Crippen LogP contribution in [0.5, 0.6) is 0 Å². The third-order valence-electron chi connectivity index (χ3n) is 7.43. The molecule has 5 rings (SSSR count). The molecule has 0 radical (unpaired) electrons. The first-order valence-electron chi connectivity index (χ1n) is 13.3. The number of aromatic nitrogens is 1. The maximum absolute atomic E-state index is 13.8. The van der Waals surface area contributed by atoms with Crippen LogP contribution in [0.2, 0.25) is 5.02 Å². The van der Waals surface area contributed by atoms with Gasteiger partial charge in [0.05, 0.1) is 10.6 Å². The molecule has 1 aliphatic heterocycles. The number of fused-ring (bicyclic) bond motifs is 1. The Kier molecular flexibility index (Phi) is 8.29. The topological polar surface area (TPSA) is 37.3 Å². The van der Waals surface area contributed by atoms with Crippen molar-refractivity contribution in [3.63, 3.8) is 0 Å². The molecule has 8 heteroatoms. The first kappa shape index (κ1) is 27.3. The Morgan fingerprint density at radius 3 is 2.44 bits per heavy atom. The third kappa shape index (κ3) is 6.48. The molecule has 39 heavy (non-hydrogen) atoms. The fraction of sp³-hybridized carbons (Fsp3) is 0.323. The zero-order valence-corrected chi connectivity index (χ0v) is 22.3. The van der Waals surface area contributed by atoms with Gasteiger partial charge in [0, 0.05) is 49.1 Å². The predicted octanol–water partition coefficient (Wildman–Crippen LogP) is 7.10. The summed E-state index contributed by atoms with van der Waals surface area (Å²) < 4.78 is 43.5. The Hall–Kier alpha value is -3.29. The second-order valence-electron chi connectivity index (χ2n) is 10.1. The lowest BCUT2D eigenvalue weighted by Gasteiger charge is -2.20. The van der Waals surface area contributed by atoms with Gasteiger partial charge in [-0.2, -0.15) is 13.2 Å². The number of alkyl halides is 3. The van der Waals surface area contributed by atoms with Gasteiger partial charge in [-0.05, 0) is 60.8 Å². The zero-order valence-electron chi connectivity index (χ0n) is 21.6. The summed E-state index contributed by atoms with van der Waals surface area (Å²) >= 11 is 5.95. The van der Waals surface area contributed by atoms with E-state index >= 15 is 0 Å². The van der Waals surface area contributed by atoms with Gasteiger partial charge in [0.2, 0.25) is 5.91 Å². The highest BCUT2D eigenvalue weighted by atomic mass is 35.5. The number of benzene rings is 3.